The third-order valence-corrected chi connectivity index (χ3v) is 3.35. The molecule has 0 bridgehead atoms. The first-order valence-corrected chi connectivity index (χ1v) is 7.14. The average molecular weight is 278 g/mol. The number of hydrogen-bond donors (Lipinski definition) is 1. The van der Waals surface area contributed by atoms with Gasteiger partial charge in [0.2, 0.25) is 0 Å². The van der Waals surface area contributed by atoms with Gasteiger partial charge in [0, 0.05) is 23.8 Å². The molecule has 2 aromatic carbocycles. The fraction of sp³-hybridized carbons (Fsp3) is 0.167. The molecule has 0 spiro atoms. The number of aromatic nitrogens is 1. The number of aryl methyl sites for hydroxylation is 1. The normalized spacial score (nSPS) is 10.6. The summed E-state index contributed by atoms with van der Waals surface area (Å²) < 4.78 is 5.99. The minimum Gasteiger partial charge on any atom is -0.455 e. The summed E-state index contributed by atoms with van der Waals surface area (Å²) in [5, 5.41) is 4.43. The predicted molar refractivity (Wildman–Crippen MR) is 87.2 cm³/mol. The highest BCUT2D eigenvalue weighted by Crippen LogP contribution is 2.31. The molecule has 1 N–H and O–H groups in total. The maximum Gasteiger partial charge on any atom is 0.153 e. The molecule has 0 aliphatic carbocycles. The lowest BCUT2D eigenvalue weighted by atomic mass is 10.1. The maximum atomic E-state index is 5.99. The molecule has 3 heteroatoms. The fourth-order valence-electron chi connectivity index (χ4n) is 2.31. The number of nitrogens with zero attached hydrogens (tertiary/aromatic N) is 1. The van der Waals surface area contributed by atoms with Crippen LogP contribution in [-0.4, -0.2) is 11.5 Å². The van der Waals surface area contributed by atoms with Crippen molar-refractivity contribution < 1.29 is 4.74 Å². The molecule has 0 radical (unpaired) electrons. The Balaban J connectivity index is 2.02. The summed E-state index contributed by atoms with van der Waals surface area (Å²) >= 11 is 0. The van der Waals surface area contributed by atoms with Gasteiger partial charge in [0.05, 0.1) is 0 Å². The molecule has 0 fully saturated rings. The summed E-state index contributed by atoms with van der Waals surface area (Å²) in [6.45, 7) is 5.02. The van der Waals surface area contributed by atoms with Crippen LogP contribution in [0, 0.1) is 6.92 Å². The van der Waals surface area contributed by atoms with Gasteiger partial charge in [-0.05, 0) is 38.1 Å². The SMILES string of the molecule is CCNc1ccnc2c(Oc3ccc(C)cc3)cccc12. The highest BCUT2D eigenvalue weighted by atomic mass is 16.5. The van der Waals surface area contributed by atoms with Crippen LogP contribution >= 0.6 is 0 Å². The molecular weight excluding hydrogens is 260 g/mol. The van der Waals surface area contributed by atoms with Gasteiger partial charge < -0.3 is 10.1 Å². The van der Waals surface area contributed by atoms with Crippen LogP contribution in [-0.2, 0) is 0 Å². The Morgan fingerprint density at radius 1 is 1.05 bits per heavy atom. The smallest absolute Gasteiger partial charge is 0.153 e. The molecular formula is C18H18N2O. The van der Waals surface area contributed by atoms with Gasteiger partial charge in [-0.15, -0.1) is 0 Å². The number of nitrogens with one attached hydrogen (secondary N) is 1. The molecule has 106 valence electrons. The summed E-state index contributed by atoms with van der Waals surface area (Å²) in [6.07, 6.45) is 1.81. The largest absolute Gasteiger partial charge is 0.455 e. The standard InChI is InChI=1S/C18H18N2O/c1-3-19-16-11-12-20-18-15(16)5-4-6-17(18)21-14-9-7-13(2)8-10-14/h4-12H,3H2,1-2H3,(H,19,20). The van der Waals surface area contributed by atoms with Crippen LogP contribution in [0.3, 0.4) is 0 Å². The number of benzene rings is 2. The Kier molecular flexibility index (Phi) is 3.73. The van der Waals surface area contributed by atoms with E-state index in [1.54, 1.807) is 0 Å². The highest BCUT2D eigenvalue weighted by Gasteiger charge is 2.07. The van der Waals surface area contributed by atoms with E-state index in [-0.39, 0.29) is 0 Å². The third kappa shape index (κ3) is 2.82. The molecule has 0 unspecified atom stereocenters. The van der Waals surface area contributed by atoms with E-state index < -0.39 is 0 Å². The number of hydrogen-bond acceptors (Lipinski definition) is 3. The average Bonchev–Trinajstić information content (AvgIpc) is 2.51. The van der Waals surface area contributed by atoms with E-state index in [2.05, 4.69) is 30.2 Å². The monoisotopic (exact) mass is 278 g/mol. The van der Waals surface area contributed by atoms with E-state index in [9.17, 15) is 0 Å². The van der Waals surface area contributed by atoms with Gasteiger partial charge in [-0.2, -0.15) is 0 Å². The van der Waals surface area contributed by atoms with E-state index in [1.165, 1.54) is 5.56 Å². The van der Waals surface area contributed by atoms with Crippen molar-refractivity contribution in [3.63, 3.8) is 0 Å². The number of ether oxygens (including phenoxy) is 1. The summed E-state index contributed by atoms with van der Waals surface area (Å²) in [6, 6.07) is 16.0. The maximum absolute atomic E-state index is 5.99. The molecule has 1 aromatic heterocycles. The van der Waals surface area contributed by atoms with Gasteiger partial charge in [-0.1, -0.05) is 29.8 Å². The summed E-state index contributed by atoms with van der Waals surface area (Å²) in [7, 11) is 0. The lowest BCUT2D eigenvalue weighted by Gasteiger charge is -2.11. The van der Waals surface area contributed by atoms with Crippen LogP contribution in [0.1, 0.15) is 12.5 Å². The molecule has 0 atom stereocenters. The van der Waals surface area contributed by atoms with Gasteiger partial charge in [-0.25, -0.2) is 0 Å². The molecule has 3 rings (SSSR count). The van der Waals surface area contributed by atoms with E-state index in [0.29, 0.717) is 0 Å². The molecule has 0 aliphatic rings. The molecule has 1 heterocycles. The number of pyridine rings is 1. The van der Waals surface area contributed by atoms with Crippen molar-refractivity contribution in [1.29, 1.82) is 0 Å². The first-order chi connectivity index (χ1) is 10.3. The third-order valence-electron chi connectivity index (χ3n) is 3.35. The van der Waals surface area contributed by atoms with Gasteiger partial charge in [0.1, 0.15) is 11.3 Å². The molecule has 21 heavy (non-hydrogen) atoms. The molecule has 3 nitrogen and oxygen atoms in total. The zero-order valence-corrected chi connectivity index (χ0v) is 12.3. The van der Waals surface area contributed by atoms with Crippen molar-refractivity contribution in [2.75, 3.05) is 11.9 Å². The van der Waals surface area contributed by atoms with Crippen LogP contribution in [0.2, 0.25) is 0 Å². The molecule has 0 aliphatic heterocycles. The van der Waals surface area contributed by atoms with Crippen molar-refractivity contribution in [1.82, 2.24) is 4.98 Å². The van der Waals surface area contributed by atoms with E-state index >= 15 is 0 Å². The topological polar surface area (TPSA) is 34.2 Å². The molecule has 0 saturated heterocycles. The van der Waals surface area contributed by atoms with Crippen LogP contribution < -0.4 is 10.1 Å². The fourth-order valence-corrected chi connectivity index (χ4v) is 2.31. The Labute approximate surface area is 124 Å². The first kappa shape index (κ1) is 13.4. The minimum atomic E-state index is 0.774. The van der Waals surface area contributed by atoms with E-state index in [0.717, 1.165) is 34.6 Å². The van der Waals surface area contributed by atoms with Gasteiger partial charge in [0.15, 0.2) is 5.75 Å². The second-order valence-electron chi connectivity index (χ2n) is 4.96. The molecule has 3 aromatic rings. The second kappa shape index (κ2) is 5.83. The molecule has 0 amide bonds. The van der Waals surface area contributed by atoms with Gasteiger partial charge in [-0.3, -0.25) is 4.98 Å². The minimum absolute atomic E-state index is 0.774. The van der Waals surface area contributed by atoms with Crippen molar-refractivity contribution >= 4 is 16.6 Å². The van der Waals surface area contributed by atoms with Crippen molar-refractivity contribution in [3.05, 3.63) is 60.3 Å². The number of anilines is 1. The van der Waals surface area contributed by atoms with Crippen LogP contribution in [0.4, 0.5) is 5.69 Å². The predicted octanol–water partition coefficient (Wildman–Crippen LogP) is 4.77. The van der Waals surface area contributed by atoms with Gasteiger partial charge in [0.25, 0.3) is 0 Å². The Hall–Kier alpha value is -2.55. The second-order valence-corrected chi connectivity index (χ2v) is 4.96. The summed E-state index contributed by atoms with van der Waals surface area (Å²) in [5.74, 6) is 1.60. The zero-order chi connectivity index (χ0) is 14.7. The van der Waals surface area contributed by atoms with E-state index in [4.69, 9.17) is 4.74 Å². The highest BCUT2D eigenvalue weighted by molar-refractivity contribution is 5.94. The van der Waals surface area contributed by atoms with E-state index in [1.807, 2.05) is 48.7 Å². The quantitative estimate of drug-likeness (QED) is 0.746. The first-order valence-electron chi connectivity index (χ1n) is 7.14. The lowest BCUT2D eigenvalue weighted by Crippen LogP contribution is -1.98. The Morgan fingerprint density at radius 3 is 2.62 bits per heavy atom. The number of rotatable bonds is 4. The Bertz CT molecular complexity index is 751. The summed E-state index contributed by atoms with van der Waals surface area (Å²) in [5.41, 5.74) is 3.17. The van der Waals surface area contributed by atoms with Crippen LogP contribution in [0.5, 0.6) is 11.5 Å². The van der Waals surface area contributed by atoms with Crippen molar-refractivity contribution in [2.24, 2.45) is 0 Å². The molecule has 0 saturated carbocycles. The van der Waals surface area contributed by atoms with Crippen LogP contribution in [0.25, 0.3) is 10.9 Å². The van der Waals surface area contributed by atoms with Crippen LogP contribution in [0.15, 0.2) is 54.7 Å². The van der Waals surface area contributed by atoms with Crippen molar-refractivity contribution in [3.8, 4) is 11.5 Å². The van der Waals surface area contributed by atoms with Crippen molar-refractivity contribution in [2.45, 2.75) is 13.8 Å². The zero-order valence-electron chi connectivity index (χ0n) is 12.3. The number of para-hydroxylation sites is 1. The number of fused-ring (bicyclic) bond motifs is 1. The lowest BCUT2D eigenvalue weighted by molar-refractivity contribution is 0.487. The van der Waals surface area contributed by atoms with Gasteiger partial charge >= 0.3 is 0 Å². The summed E-state index contributed by atoms with van der Waals surface area (Å²) in [4.78, 5) is 4.47. The Morgan fingerprint density at radius 2 is 1.86 bits per heavy atom.